The van der Waals surface area contributed by atoms with E-state index in [4.69, 9.17) is 4.74 Å². The second-order valence-corrected chi connectivity index (χ2v) is 5.75. The van der Waals surface area contributed by atoms with Gasteiger partial charge in [-0.3, -0.25) is 5.21 Å². The highest BCUT2D eigenvalue weighted by atomic mass is 16.6. The van der Waals surface area contributed by atoms with Gasteiger partial charge in [-0.1, -0.05) is 0 Å². The molecule has 0 radical (unpaired) electrons. The van der Waals surface area contributed by atoms with Crippen molar-refractivity contribution in [2.24, 2.45) is 0 Å². The van der Waals surface area contributed by atoms with Crippen LogP contribution in [0.4, 0.5) is 0 Å². The Morgan fingerprint density at radius 3 is 2.00 bits per heavy atom. The lowest BCUT2D eigenvalue weighted by Gasteiger charge is -2.27. The van der Waals surface area contributed by atoms with E-state index in [2.05, 4.69) is 0 Å². The summed E-state index contributed by atoms with van der Waals surface area (Å²) in [5, 5.41) is 21.8. The normalized spacial score (nSPS) is 21.8. The molecule has 5 nitrogen and oxygen atoms in total. The van der Waals surface area contributed by atoms with Crippen molar-refractivity contribution in [3.63, 3.8) is 0 Å². The van der Waals surface area contributed by atoms with Crippen molar-refractivity contribution in [3.05, 3.63) is 29.8 Å². The SMILES string of the molecule is COc1ccc(C2=[N+](O)C(C)(C)N(O)C2(C)C)cc1. The summed E-state index contributed by atoms with van der Waals surface area (Å²) in [6, 6.07) is 7.40. The van der Waals surface area contributed by atoms with Crippen LogP contribution in [0.5, 0.6) is 5.75 Å². The van der Waals surface area contributed by atoms with Crippen molar-refractivity contribution in [1.82, 2.24) is 5.06 Å². The number of ether oxygens (including phenoxy) is 1. The van der Waals surface area contributed by atoms with Gasteiger partial charge in [-0.05, 0) is 42.9 Å². The molecule has 104 valence electrons. The molecule has 0 unspecified atom stereocenters. The van der Waals surface area contributed by atoms with Crippen LogP contribution in [-0.4, -0.2) is 44.2 Å². The highest BCUT2D eigenvalue weighted by molar-refractivity contribution is 6.04. The molecule has 1 aromatic rings. The third kappa shape index (κ3) is 1.89. The second-order valence-electron chi connectivity index (χ2n) is 5.75. The van der Waals surface area contributed by atoms with Crippen molar-refractivity contribution in [3.8, 4) is 5.75 Å². The molecule has 1 aromatic carbocycles. The first-order valence-electron chi connectivity index (χ1n) is 6.23. The minimum Gasteiger partial charge on any atom is -0.497 e. The Hall–Kier alpha value is -1.59. The molecule has 0 saturated carbocycles. The standard InChI is InChI=1S/C14H21N2O3/c1-13(2)12(15(17)14(3,4)16(13)18)10-6-8-11(19-5)9-7-10/h6-9,17-18H,1-5H3/q+1. The van der Waals surface area contributed by atoms with E-state index >= 15 is 0 Å². The number of hydrogen-bond acceptors (Lipinski definition) is 4. The smallest absolute Gasteiger partial charge is 0.283 e. The zero-order valence-electron chi connectivity index (χ0n) is 12.0. The van der Waals surface area contributed by atoms with E-state index in [1.165, 1.54) is 5.06 Å². The number of methoxy groups -OCH3 is 1. The Morgan fingerprint density at radius 2 is 1.63 bits per heavy atom. The molecule has 5 heteroatoms. The molecular weight excluding hydrogens is 244 g/mol. The van der Waals surface area contributed by atoms with Gasteiger partial charge in [0.05, 0.1) is 7.11 Å². The summed E-state index contributed by atoms with van der Waals surface area (Å²) in [4.78, 5) is 0. The first kappa shape index (κ1) is 13.8. The average Bonchev–Trinajstić information content (AvgIpc) is 2.49. The highest BCUT2D eigenvalue weighted by Crippen LogP contribution is 2.34. The maximum Gasteiger partial charge on any atom is 0.283 e. The van der Waals surface area contributed by atoms with E-state index in [0.717, 1.165) is 16.1 Å². The summed E-state index contributed by atoms with van der Waals surface area (Å²) in [6.07, 6.45) is 0. The fourth-order valence-electron chi connectivity index (χ4n) is 2.63. The summed E-state index contributed by atoms with van der Waals surface area (Å²) < 4.78 is 6.25. The first-order valence-corrected chi connectivity index (χ1v) is 6.23. The number of rotatable bonds is 2. The van der Waals surface area contributed by atoms with Gasteiger partial charge < -0.3 is 9.94 Å². The van der Waals surface area contributed by atoms with Crippen molar-refractivity contribution in [2.45, 2.75) is 38.9 Å². The zero-order valence-corrected chi connectivity index (χ0v) is 12.0. The van der Waals surface area contributed by atoms with Crippen LogP contribution in [-0.2, 0) is 0 Å². The zero-order chi connectivity index (χ0) is 14.4. The second kappa shape index (κ2) is 4.21. The van der Waals surface area contributed by atoms with Crippen molar-refractivity contribution >= 4 is 5.71 Å². The summed E-state index contributed by atoms with van der Waals surface area (Å²) >= 11 is 0. The Balaban J connectivity index is 2.55. The summed E-state index contributed by atoms with van der Waals surface area (Å²) in [6.45, 7) is 7.24. The van der Waals surface area contributed by atoms with Crippen LogP contribution in [0.1, 0.15) is 33.3 Å². The molecule has 0 spiro atoms. The van der Waals surface area contributed by atoms with Gasteiger partial charge in [0.25, 0.3) is 11.4 Å². The van der Waals surface area contributed by atoms with Gasteiger partial charge in [-0.15, -0.1) is 5.06 Å². The topological polar surface area (TPSA) is 55.9 Å². The minimum absolute atomic E-state index is 0.655. The van der Waals surface area contributed by atoms with E-state index in [-0.39, 0.29) is 0 Å². The molecule has 2 N–H and O–H groups in total. The van der Waals surface area contributed by atoms with E-state index in [1.807, 2.05) is 38.1 Å². The van der Waals surface area contributed by atoms with Crippen molar-refractivity contribution in [2.75, 3.05) is 7.11 Å². The number of hydroxylamine groups is 3. The molecule has 2 rings (SSSR count). The molecule has 0 aromatic heterocycles. The molecule has 0 bridgehead atoms. The van der Waals surface area contributed by atoms with Gasteiger partial charge in [-0.25, -0.2) is 0 Å². The van der Waals surface area contributed by atoms with Crippen LogP contribution in [0.2, 0.25) is 0 Å². The van der Waals surface area contributed by atoms with Crippen LogP contribution in [0.3, 0.4) is 0 Å². The molecule has 1 aliphatic heterocycles. The number of benzene rings is 1. The van der Waals surface area contributed by atoms with Crippen LogP contribution in [0.15, 0.2) is 24.3 Å². The Morgan fingerprint density at radius 1 is 1.11 bits per heavy atom. The number of hydrogen-bond donors (Lipinski definition) is 2. The summed E-state index contributed by atoms with van der Waals surface area (Å²) in [5.74, 6) is 0.754. The molecule has 0 saturated heterocycles. The molecule has 1 aliphatic rings. The van der Waals surface area contributed by atoms with Crippen LogP contribution in [0, 0.1) is 0 Å². The Kier molecular flexibility index (Phi) is 3.07. The number of nitrogens with zero attached hydrogens (tertiary/aromatic N) is 2. The van der Waals surface area contributed by atoms with Gasteiger partial charge in [-0.2, -0.15) is 0 Å². The third-order valence-electron chi connectivity index (χ3n) is 3.72. The highest BCUT2D eigenvalue weighted by Gasteiger charge is 2.60. The first-order chi connectivity index (χ1) is 8.72. The van der Waals surface area contributed by atoms with Crippen molar-refractivity contribution < 1.29 is 19.9 Å². The van der Waals surface area contributed by atoms with E-state index in [9.17, 15) is 10.4 Å². The van der Waals surface area contributed by atoms with E-state index in [1.54, 1.807) is 21.0 Å². The maximum atomic E-state index is 10.4. The van der Waals surface area contributed by atoms with E-state index in [0.29, 0.717) is 5.71 Å². The lowest BCUT2D eigenvalue weighted by Crippen LogP contribution is -2.51. The molecule has 19 heavy (non-hydrogen) atoms. The average molecular weight is 265 g/mol. The van der Waals surface area contributed by atoms with Crippen LogP contribution >= 0.6 is 0 Å². The van der Waals surface area contributed by atoms with E-state index < -0.39 is 11.2 Å². The van der Waals surface area contributed by atoms with Gasteiger partial charge >= 0.3 is 0 Å². The van der Waals surface area contributed by atoms with Crippen molar-refractivity contribution in [1.29, 1.82) is 0 Å². The van der Waals surface area contributed by atoms with Crippen LogP contribution < -0.4 is 4.74 Å². The quantitative estimate of drug-likeness (QED) is 0.635. The molecule has 1 heterocycles. The molecule has 0 fully saturated rings. The third-order valence-corrected chi connectivity index (χ3v) is 3.72. The molecule has 0 aliphatic carbocycles. The summed E-state index contributed by atoms with van der Waals surface area (Å²) in [7, 11) is 1.61. The lowest BCUT2D eigenvalue weighted by molar-refractivity contribution is -0.835. The van der Waals surface area contributed by atoms with Gasteiger partial charge in [0.15, 0.2) is 0 Å². The fourth-order valence-corrected chi connectivity index (χ4v) is 2.63. The lowest BCUT2D eigenvalue weighted by atomic mass is 9.92. The molecular formula is C14H21N2O3+. The molecule has 0 atom stereocenters. The van der Waals surface area contributed by atoms with Gasteiger partial charge in [0.1, 0.15) is 11.3 Å². The predicted octanol–water partition coefficient (Wildman–Crippen LogP) is 2.11. The maximum absolute atomic E-state index is 10.4. The fraction of sp³-hybridized carbons (Fsp3) is 0.500. The van der Waals surface area contributed by atoms with Gasteiger partial charge in [0.2, 0.25) is 0 Å². The summed E-state index contributed by atoms with van der Waals surface area (Å²) in [5.41, 5.74) is -0.0634. The Bertz CT molecular complexity index is 518. The Labute approximate surface area is 113 Å². The minimum atomic E-state index is -0.876. The molecule has 0 amide bonds. The predicted molar refractivity (Wildman–Crippen MR) is 70.9 cm³/mol. The van der Waals surface area contributed by atoms with Gasteiger partial charge in [0, 0.05) is 19.4 Å². The largest absolute Gasteiger partial charge is 0.497 e. The van der Waals surface area contributed by atoms with Crippen LogP contribution in [0.25, 0.3) is 0 Å². The monoisotopic (exact) mass is 265 g/mol.